The van der Waals surface area contributed by atoms with E-state index in [-0.39, 0.29) is 17.4 Å². The fraction of sp³-hybridized carbons (Fsp3) is 0.100. The molecule has 1 aromatic heterocycles. The van der Waals surface area contributed by atoms with Crippen LogP contribution in [0.2, 0.25) is 0 Å². The summed E-state index contributed by atoms with van der Waals surface area (Å²) in [5.74, 6) is -0.757. The Morgan fingerprint density at radius 3 is 2.46 bits per heavy atom. The van der Waals surface area contributed by atoms with E-state index >= 15 is 0 Å². The van der Waals surface area contributed by atoms with Crippen LogP contribution in [0.3, 0.4) is 0 Å². The minimum Gasteiger partial charge on any atom is -0.496 e. The first-order chi connectivity index (χ1) is 12.6. The van der Waals surface area contributed by atoms with E-state index in [1.165, 1.54) is 37.4 Å². The van der Waals surface area contributed by atoms with E-state index in [1.807, 2.05) is 0 Å². The Bertz CT molecular complexity index is 927. The van der Waals surface area contributed by atoms with Crippen LogP contribution in [0.1, 0.15) is 20.9 Å². The van der Waals surface area contributed by atoms with Crippen LogP contribution in [0.5, 0.6) is 5.75 Å². The lowest BCUT2D eigenvalue weighted by atomic mass is 10.1. The summed E-state index contributed by atoms with van der Waals surface area (Å²) >= 11 is 0. The van der Waals surface area contributed by atoms with Gasteiger partial charge >= 0.3 is 5.97 Å². The molecule has 0 spiro atoms. The number of Topliss-reactive ketones (excluding diaryl/α,β-unsaturated/α-hetero) is 1. The van der Waals surface area contributed by atoms with E-state index in [0.29, 0.717) is 22.6 Å². The summed E-state index contributed by atoms with van der Waals surface area (Å²) in [7, 11) is 1.46. The van der Waals surface area contributed by atoms with Crippen LogP contribution in [0.25, 0.3) is 11.3 Å². The number of hydrogen-bond donors (Lipinski definition) is 0. The first-order valence-corrected chi connectivity index (χ1v) is 7.77. The number of halogens is 1. The third-order valence-corrected chi connectivity index (χ3v) is 3.68. The maximum absolute atomic E-state index is 13.0. The molecular formula is C20H15FO5. The van der Waals surface area contributed by atoms with Gasteiger partial charge in [0.25, 0.3) is 0 Å². The Hall–Kier alpha value is -3.41. The van der Waals surface area contributed by atoms with E-state index in [4.69, 9.17) is 13.9 Å². The van der Waals surface area contributed by atoms with Crippen molar-refractivity contribution in [3.05, 3.63) is 77.8 Å². The molecule has 1 heterocycles. The number of ketones is 1. The van der Waals surface area contributed by atoms with Crippen molar-refractivity contribution in [2.24, 2.45) is 0 Å². The van der Waals surface area contributed by atoms with Crippen LogP contribution in [0, 0.1) is 5.82 Å². The van der Waals surface area contributed by atoms with Gasteiger partial charge in [-0.25, -0.2) is 9.18 Å². The molecule has 0 fully saturated rings. The maximum atomic E-state index is 13.0. The molecule has 0 aliphatic rings. The Balaban J connectivity index is 1.65. The van der Waals surface area contributed by atoms with Crippen molar-refractivity contribution in [3.63, 3.8) is 0 Å². The number of rotatable bonds is 6. The van der Waals surface area contributed by atoms with Crippen molar-refractivity contribution >= 4 is 11.8 Å². The second-order valence-corrected chi connectivity index (χ2v) is 5.37. The predicted molar refractivity (Wildman–Crippen MR) is 91.7 cm³/mol. The van der Waals surface area contributed by atoms with Crippen molar-refractivity contribution in [2.45, 2.75) is 0 Å². The van der Waals surface area contributed by atoms with Gasteiger partial charge in [-0.15, -0.1) is 0 Å². The normalized spacial score (nSPS) is 10.4. The molecule has 5 nitrogen and oxygen atoms in total. The summed E-state index contributed by atoms with van der Waals surface area (Å²) < 4.78 is 28.5. The van der Waals surface area contributed by atoms with Gasteiger partial charge in [0.2, 0.25) is 11.5 Å². The molecule has 0 atom stereocenters. The quantitative estimate of drug-likeness (QED) is 0.492. The van der Waals surface area contributed by atoms with E-state index in [2.05, 4.69) is 0 Å². The number of para-hydroxylation sites is 1. The molecule has 132 valence electrons. The number of ether oxygens (including phenoxy) is 2. The lowest BCUT2D eigenvalue weighted by molar-refractivity contribution is 0.0444. The Labute approximate surface area is 149 Å². The maximum Gasteiger partial charge on any atom is 0.374 e. The molecule has 0 saturated heterocycles. The molecule has 0 unspecified atom stereocenters. The van der Waals surface area contributed by atoms with E-state index in [1.54, 1.807) is 30.3 Å². The molecule has 2 aromatic carbocycles. The molecular weight excluding hydrogens is 339 g/mol. The first kappa shape index (κ1) is 17.4. The van der Waals surface area contributed by atoms with E-state index < -0.39 is 12.6 Å². The minimum absolute atomic E-state index is 0.0443. The van der Waals surface area contributed by atoms with E-state index in [0.717, 1.165) is 0 Å². The summed E-state index contributed by atoms with van der Waals surface area (Å²) in [6.45, 7) is -0.439. The highest BCUT2D eigenvalue weighted by molar-refractivity contribution is 6.01. The van der Waals surface area contributed by atoms with Crippen LogP contribution in [-0.4, -0.2) is 25.5 Å². The highest BCUT2D eigenvalue weighted by atomic mass is 19.1. The number of esters is 1. The molecule has 0 amide bonds. The van der Waals surface area contributed by atoms with Gasteiger partial charge in [0.15, 0.2) is 6.61 Å². The third kappa shape index (κ3) is 3.80. The van der Waals surface area contributed by atoms with Gasteiger partial charge in [-0.3, -0.25) is 4.79 Å². The van der Waals surface area contributed by atoms with Crippen molar-refractivity contribution in [1.82, 2.24) is 0 Å². The average Bonchev–Trinajstić information content (AvgIpc) is 3.16. The lowest BCUT2D eigenvalue weighted by Gasteiger charge is -2.07. The monoisotopic (exact) mass is 354 g/mol. The third-order valence-electron chi connectivity index (χ3n) is 3.68. The largest absolute Gasteiger partial charge is 0.496 e. The standard InChI is InChI=1S/C20H15FO5/c1-24-18-5-3-2-4-15(18)16(22)12-25-20(23)19-11-10-17(26-19)13-6-8-14(21)9-7-13/h2-11H,12H2,1H3. The Morgan fingerprint density at radius 1 is 1.00 bits per heavy atom. The Kier molecular flexibility index (Phi) is 5.12. The average molecular weight is 354 g/mol. The van der Waals surface area contributed by atoms with E-state index in [9.17, 15) is 14.0 Å². The number of benzene rings is 2. The minimum atomic E-state index is -0.762. The molecule has 0 saturated carbocycles. The summed E-state index contributed by atoms with van der Waals surface area (Å²) in [5, 5.41) is 0. The topological polar surface area (TPSA) is 65.7 Å². The molecule has 6 heteroatoms. The van der Waals surface area contributed by atoms with Crippen molar-refractivity contribution in [1.29, 1.82) is 0 Å². The molecule has 0 radical (unpaired) electrons. The van der Waals surface area contributed by atoms with Crippen LogP contribution in [0.15, 0.2) is 65.1 Å². The highest BCUT2D eigenvalue weighted by Crippen LogP contribution is 2.23. The van der Waals surface area contributed by atoms with Gasteiger partial charge in [-0.05, 0) is 48.5 Å². The predicted octanol–water partition coefficient (Wildman–Crippen LogP) is 4.13. The van der Waals surface area contributed by atoms with Gasteiger partial charge in [0, 0.05) is 5.56 Å². The number of furan rings is 1. The molecule has 3 aromatic rings. The zero-order chi connectivity index (χ0) is 18.5. The number of methoxy groups -OCH3 is 1. The summed E-state index contributed by atoms with van der Waals surface area (Å²) in [5.41, 5.74) is 0.949. The fourth-order valence-corrected chi connectivity index (χ4v) is 2.37. The van der Waals surface area contributed by atoms with Gasteiger partial charge in [-0.1, -0.05) is 12.1 Å². The number of carbonyl (C=O) groups excluding carboxylic acids is 2. The van der Waals surface area contributed by atoms with Crippen molar-refractivity contribution in [3.8, 4) is 17.1 Å². The van der Waals surface area contributed by atoms with Crippen LogP contribution >= 0.6 is 0 Å². The second-order valence-electron chi connectivity index (χ2n) is 5.37. The number of hydrogen-bond acceptors (Lipinski definition) is 5. The van der Waals surface area contributed by atoms with Gasteiger partial charge in [0.1, 0.15) is 17.3 Å². The summed E-state index contributed by atoms with van der Waals surface area (Å²) in [6.07, 6.45) is 0. The smallest absolute Gasteiger partial charge is 0.374 e. The zero-order valence-electron chi connectivity index (χ0n) is 13.9. The fourth-order valence-electron chi connectivity index (χ4n) is 2.37. The number of carbonyl (C=O) groups is 2. The van der Waals surface area contributed by atoms with Crippen LogP contribution in [0.4, 0.5) is 4.39 Å². The Morgan fingerprint density at radius 2 is 1.73 bits per heavy atom. The van der Waals surface area contributed by atoms with Gasteiger partial charge in [0.05, 0.1) is 12.7 Å². The summed E-state index contributed by atoms with van der Waals surface area (Å²) in [4.78, 5) is 24.3. The molecule has 3 rings (SSSR count). The zero-order valence-corrected chi connectivity index (χ0v) is 13.9. The van der Waals surface area contributed by atoms with Gasteiger partial charge < -0.3 is 13.9 Å². The molecule has 0 aliphatic heterocycles. The van der Waals surface area contributed by atoms with Crippen LogP contribution in [-0.2, 0) is 4.74 Å². The van der Waals surface area contributed by atoms with Crippen molar-refractivity contribution < 1.29 is 27.9 Å². The molecule has 0 bridgehead atoms. The van der Waals surface area contributed by atoms with Crippen LogP contribution < -0.4 is 4.74 Å². The SMILES string of the molecule is COc1ccccc1C(=O)COC(=O)c1ccc(-c2ccc(F)cc2)o1. The molecule has 26 heavy (non-hydrogen) atoms. The summed E-state index contributed by atoms with van der Waals surface area (Å²) in [6, 6.07) is 15.3. The van der Waals surface area contributed by atoms with Gasteiger partial charge in [-0.2, -0.15) is 0 Å². The lowest BCUT2D eigenvalue weighted by Crippen LogP contribution is -2.14. The highest BCUT2D eigenvalue weighted by Gasteiger charge is 2.18. The molecule has 0 aliphatic carbocycles. The van der Waals surface area contributed by atoms with Crippen molar-refractivity contribution in [2.75, 3.05) is 13.7 Å². The second kappa shape index (κ2) is 7.65. The first-order valence-electron chi connectivity index (χ1n) is 7.77. The molecule has 0 N–H and O–H groups in total.